The highest BCUT2D eigenvalue weighted by Crippen LogP contribution is 2.42. The predicted molar refractivity (Wildman–Crippen MR) is 253 cm³/mol. The summed E-state index contributed by atoms with van der Waals surface area (Å²) in [4.78, 5) is 20.4. The Labute approximate surface area is 357 Å². The van der Waals surface area contributed by atoms with Gasteiger partial charge >= 0.3 is 0 Å². The van der Waals surface area contributed by atoms with E-state index >= 15 is 0 Å². The van der Waals surface area contributed by atoms with Gasteiger partial charge in [0.25, 0.3) is 0 Å². The van der Waals surface area contributed by atoms with Gasteiger partial charge in [-0.05, 0) is 70.3 Å². The molecule has 6 heteroatoms. The largest absolute Gasteiger partial charge is 0.308 e. The molecule has 0 bridgehead atoms. The number of hydrogen-bond acceptors (Lipinski definition) is 4. The van der Waals surface area contributed by atoms with Gasteiger partial charge in [-0.1, -0.05) is 164 Å². The third kappa shape index (κ3) is 5.88. The van der Waals surface area contributed by atoms with Crippen LogP contribution in [0.25, 0.3) is 111 Å². The Morgan fingerprint density at radius 3 is 1.74 bits per heavy atom. The lowest BCUT2D eigenvalue weighted by molar-refractivity contribution is 0.954. The van der Waals surface area contributed by atoms with Crippen molar-refractivity contribution in [3.05, 3.63) is 219 Å². The first-order valence-corrected chi connectivity index (χ1v) is 20.8. The molecule has 0 aliphatic heterocycles. The maximum absolute atomic E-state index is 5.37. The van der Waals surface area contributed by atoms with E-state index in [1.807, 2.05) is 36.7 Å². The van der Waals surface area contributed by atoms with Gasteiger partial charge in [0.05, 0.1) is 34.0 Å². The van der Waals surface area contributed by atoms with E-state index in [1.165, 1.54) is 21.9 Å². The first-order valence-electron chi connectivity index (χ1n) is 20.8. The molecule has 12 aromatic rings. The van der Waals surface area contributed by atoms with Crippen LogP contribution in [-0.4, -0.2) is 29.1 Å². The second kappa shape index (κ2) is 14.7. The van der Waals surface area contributed by atoms with E-state index in [4.69, 9.17) is 15.0 Å². The monoisotopic (exact) mass is 792 g/mol. The summed E-state index contributed by atoms with van der Waals surface area (Å²) in [5.74, 6) is 1.76. The van der Waals surface area contributed by atoms with E-state index < -0.39 is 0 Å². The van der Waals surface area contributed by atoms with Crippen LogP contribution >= 0.6 is 0 Å². The summed E-state index contributed by atoms with van der Waals surface area (Å²) in [7, 11) is 0. The third-order valence-electron chi connectivity index (χ3n) is 11.9. The number of nitrogens with zero attached hydrogens (tertiary/aromatic N) is 6. The molecule has 0 fully saturated rings. The first kappa shape index (κ1) is 35.5. The number of aromatic nitrogens is 6. The summed E-state index contributed by atoms with van der Waals surface area (Å²) in [6, 6.07) is 72.4. The first-order chi connectivity index (χ1) is 30.8. The average Bonchev–Trinajstić information content (AvgIpc) is 3.88. The molecule has 8 aromatic carbocycles. The highest BCUT2D eigenvalue weighted by Gasteiger charge is 2.22. The number of pyridine rings is 1. The number of benzene rings is 8. The van der Waals surface area contributed by atoms with Crippen molar-refractivity contribution in [1.29, 1.82) is 0 Å². The molecule has 0 unspecified atom stereocenters. The van der Waals surface area contributed by atoms with Crippen LogP contribution in [0.5, 0.6) is 0 Å². The van der Waals surface area contributed by atoms with E-state index in [0.29, 0.717) is 17.6 Å². The van der Waals surface area contributed by atoms with Gasteiger partial charge in [0, 0.05) is 44.4 Å². The molecule has 0 aliphatic carbocycles. The third-order valence-corrected chi connectivity index (χ3v) is 11.9. The van der Waals surface area contributed by atoms with E-state index in [1.54, 1.807) is 0 Å². The van der Waals surface area contributed by atoms with Gasteiger partial charge in [-0.15, -0.1) is 0 Å². The molecule has 0 radical (unpaired) electrons. The van der Waals surface area contributed by atoms with Crippen molar-refractivity contribution in [3.63, 3.8) is 0 Å². The van der Waals surface area contributed by atoms with Gasteiger partial charge in [-0.25, -0.2) is 4.98 Å². The van der Waals surface area contributed by atoms with Crippen molar-refractivity contribution in [2.24, 2.45) is 0 Å². The molecule has 0 amide bonds. The maximum Gasteiger partial charge on any atom is 0.238 e. The SMILES string of the molecule is c1ccc(-c2ccc3c(c2)c2c(-c4cccc(-c5nc(-c6ccccc6)nc(-n6c7ccccc7c7cccc(-c8ccccc8)c76)n5)c4)cccc2n3-c2cccnc2)cc1. The van der Waals surface area contributed by atoms with Crippen LogP contribution in [0.3, 0.4) is 0 Å². The minimum absolute atomic E-state index is 0.559. The lowest BCUT2D eigenvalue weighted by Crippen LogP contribution is -2.07. The van der Waals surface area contributed by atoms with Gasteiger partial charge in [-0.2, -0.15) is 9.97 Å². The second-order valence-corrected chi connectivity index (χ2v) is 15.5. The highest BCUT2D eigenvalue weighted by atomic mass is 15.2. The number of hydrogen-bond donors (Lipinski definition) is 0. The Morgan fingerprint density at radius 2 is 0.952 bits per heavy atom. The zero-order valence-corrected chi connectivity index (χ0v) is 33.5. The molecule has 0 N–H and O–H groups in total. The molecular weight excluding hydrogens is 757 g/mol. The maximum atomic E-state index is 5.37. The van der Waals surface area contributed by atoms with Crippen LogP contribution in [0, 0.1) is 0 Å². The van der Waals surface area contributed by atoms with Crippen LogP contribution in [0.15, 0.2) is 219 Å². The molecule has 4 aromatic heterocycles. The molecule has 6 nitrogen and oxygen atoms in total. The van der Waals surface area contributed by atoms with Gasteiger partial charge < -0.3 is 4.57 Å². The van der Waals surface area contributed by atoms with Gasteiger partial charge in [0.1, 0.15) is 0 Å². The Balaban J connectivity index is 1.09. The zero-order chi connectivity index (χ0) is 41.0. The standard InChI is InChI=1S/C56H36N6/c1-4-16-37(17-5-1)40-31-32-50-48(35-40)52-44(26-14-30-51(52)61(50)43-24-15-33-57-36-43)41-22-12-23-42(34-41)55-58-54(39-20-8-3-9-21-39)59-56(60-55)62-49-29-11-10-25-46(49)47-28-13-27-45(53(47)62)38-18-6-2-7-19-38/h1-36H. The van der Waals surface area contributed by atoms with Gasteiger partial charge in [0.15, 0.2) is 11.6 Å². The smallest absolute Gasteiger partial charge is 0.238 e. The molecule has 0 spiro atoms. The van der Waals surface area contributed by atoms with Crippen LogP contribution in [-0.2, 0) is 0 Å². The van der Waals surface area contributed by atoms with Crippen LogP contribution in [0.2, 0.25) is 0 Å². The zero-order valence-electron chi connectivity index (χ0n) is 33.5. The molecule has 0 saturated carbocycles. The van der Waals surface area contributed by atoms with Crippen molar-refractivity contribution in [3.8, 4) is 67.8 Å². The highest BCUT2D eigenvalue weighted by molar-refractivity contribution is 6.17. The Morgan fingerprint density at radius 1 is 0.339 bits per heavy atom. The topological polar surface area (TPSA) is 61.4 Å². The van der Waals surface area contributed by atoms with Crippen molar-refractivity contribution in [2.45, 2.75) is 0 Å². The van der Waals surface area contributed by atoms with Crippen LogP contribution in [0.4, 0.5) is 0 Å². The lowest BCUT2D eigenvalue weighted by Gasteiger charge is -2.13. The molecule has 62 heavy (non-hydrogen) atoms. The average molecular weight is 793 g/mol. The van der Waals surface area contributed by atoms with Gasteiger partial charge in [0.2, 0.25) is 5.95 Å². The Kier molecular flexibility index (Phi) is 8.38. The summed E-state index contributed by atoms with van der Waals surface area (Å²) in [6.07, 6.45) is 3.75. The van der Waals surface area contributed by atoms with Crippen molar-refractivity contribution in [1.82, 2.24) is 29.1 Å². The predicted octanol–water partition coefficient (Wildman–Crippen LogP) is 13.8. The summed E-state index contributed by atoms with van der Waals surface area (Å²) < 4.78 is 4.53. The van der Waals surface area contributed by atoms with Crippen molar-refractivity contribution >= 4 is 43.6 Å². The Bertz CT molecular complexity index is 3610. The number of rotatable bonds is 7. The normalized spacial score (nSPS) is 11.5. The number of fused-ring (bicyclic) bond motifs is 6. The molecule has 0 atom stereocenters. The fraction of sp³-hybridized carbons (Fsp3) is 0. The fourth-order valence-electron chi connectivity index (χ4n) is 9.10. The second-order valence-electron chi connectivity index (χ2n) is 15.5. The summed E-state index contributed by atoms with van der Waals surface area (Å²) >= 11 is 0. The molecule has 0 aliphatic rings. The summed E-state index contributed by atoms with van der Waals surface area (Å²) in [5, 5.41) is 4.61. The summed E-state index contributed by atoms with van der Waals surface area (Å²) in [6.45, 7) is 0. The quantitative estimate of drug-likeness (QED) is 0.161. The minimum atomic E-state index is 0.559. The van der Waals surface area contributed by atoms with E-state index in [0.717, 1.165) is 71.9 Å². The van der Waals surface area contributed by atoms with E-state index in [-0.39, 0.29) is 0 Å². The Hall–Kier alpha value is -8.48. The fourth-order valence-corrected chi connectivity index (χ4v) is 9.10. The molecule has 0 saturated heterocycles. The van der Waals surface area contributed by atoms with Crippen LogP contribution < -0.4 is 0 Å². The van der Waals surface area contributed by atoms with Crippen molar-refractivity contribution in [2.75, 3.05) is 0 Å². The lowest BCUT2D eigenvalue weighted by atomic mass is 9.96. The van der Waals surface area contributed by atoms with Gasteiger partial charge in [-0.3, -0.25) is 9.55 Å². The van der Waals surface area contributed by atoms with Crippen LogP contribution in [0.1, 0.15) is 0 Å². The van der Waals surface area contributed by atoms with E-state index in [2.05, 4.69) is 196 Å². The molecule has 290 valence electrons. The number of para-hydroxylation sites is 2. The minimum Gasteiger partial charge on any atom is -0.308 e. The molecule has 4 heterocycles. The summed E-state index contributed by atoms with van der Waals surface area (Å²) in [5.41, 5.74) is 13.9. The van der Waals surface area contributed by atoms with E-state index in [9.17, 15) is 0 Å². The van der Waals surface area contributed by atoms with Crippen molar-refractivity contribution < 1.29 is 0 Å². The molecule has 12 rings (SSSR count). The molecular formula is C56H36N6.